The molecule has 3 heteroatoms. The third kappa shape index (κ3) is 4.75. The molecular formula is C6H16N2S. The summed E-state index contributed by atoms with van der Waals surface area (Å²) in [6, 6.07) is 0. The SMILES string of the molecule is CN.SC1CCCNC1. The molecule has 1 rings (SSSR count). The molecule has 0 aromatic heterocycles. The molecule has 0 spiro atoms. The maximum Gasteiger partial charge on any atom is 0.0142 e. The molecule has 56 valence electrons. The number of nitrogens with two attached hydrogens (primary N) is 1. The van der Waals surface area contributed by atoms with Crippen LogP contribution in [0.25, 0.3) is 0 Å². The lowest BCUT2D eigenvalue weighted by Gasteiger charge is -2.16. The molecule has 1 fully saturated rings. The lowest BCUT2D eigenvalue weighted by molar-refractivity contribution is 0.533. The molecule has 1 saturated heterocycles. The van der Waals surface area contributed by atoms with Crippen molar-refractivity contribution in [2.24, 2.45) is 5.73 Å². The standard InChI is InChI=1S/C5H11NS.CH5N/c7-5-2-1-3-6-4-5;1-2/h5-7H,1-4H2;2H2,1H3. The van der Waals surface area contributed by atoms with Gasteiger partial charge in [-0.1, -0.05) is 0 Å². The average molecular weight is 148 g/mol. The van der Waals surface area contributed by atoms with Gasteiger partial charge in [-0.15, -0.1) is 0 Å². The summed E-state index contributed by atoms with van der Waals surface area (Å²) < 4.78 is 0. The van der Waals surface area contributed by atoms with Crippen LogP contribution in [0.1, 0.15) is 12.8 Å². The maximum atomic E-state index is 4.50. The van der Waals surface area contributed by atoms with E-state index in [0.717, 1.165) is 6.54 Å². The van der Waals surface area contributed by atoms with Crippen molar-refractivity contribution in [1.29, 1.82) is 0 Å². The molecule has 0 aliphatic carbocycles. The zero-order valence-electron chi connectivity index (χ0n) is 5.93. The zero-order chi connectivity index (χ0) is 7.11. The number of thiol groups is 1. The average Bonchev–Trinajstić information content (AvgIpc) is 1.94. The second kappa shape index (κ2) is 6.39. The summed E-state index contributed by atoms with van der Waals surface area (Å²) in [6.07, 6.45) is 2.59. The number of hydrogen-bond acceptors (Lipinski definition) is 3. The normalized spacial score (nSPS) is 26.3. The summed E-state index contributed by atoms with van der Waals surface area (Å²) in [5.41, 5.74) is 4.50. The molecule has 1 heterocycles. The van der Waals surface area contributed by atoms with Gasteiger partial charge in [-0.05, 0) is 26.4 Å². The highest BCUT2D eigenvalue weighted by molar-refractivity contribution is 7.81. The minimum Gasteiger partial charge on any atom is -0.333 e. The van der Waals surface area contributed by atoms with Gasteiger partial charge in [0.2, 0.25) is 0 Å². The van der Waals surface area contributed by atoms with E-state index in [1.807, 2.05) is 0 Å². The highest BCUT2D eigenvalue weighted by atomic mass is 32.1. The van der Waals surface area contributed by atoms with Crippen molar-refractivity contribution in [1.82, 2.24) is 5.32 Å². The molecule has 1 aliphatic heterocycles. The Kier molecular flexibility index (Phi) is 6.58. The predicted molar refractivity (Wildman–Crippen MR) is 45.0 cm³/mol. The highest BCUT2D eigenvalue weighted by Crippen LogP contribution is 2.06. The van der Waals surface area contributed by atoms with E-state index in [0.29, 0.717) is 5.25 Å². The van der Waals surface area contributed by atoms with Crippen molar-refractivity contribution in [2.75, 3.05) is 20.1 Å². The number of nitrogens with one attached hydrogen (secondary N) is 1. The third-order valence-electron chi connectivity index (χ3n) is 1.27. The Balaban J connectivity index is 0.000000291. The molecule has 1 aliphatic rings. The quantitative estimate of drug-likeness (QED) is 0.431. The molecule has 0 amide bonds. The second-order valence-electron chi connectivity index (χ2n) is 2.00. The molecule has 1 unspecified atom stereocenters. The Morgan fingerprint density at radius 1 is 1.56 bits per heavy atom. The van der Waals surface area contributed by atoms with Crippen LogP contribution in [0, 0.1) is 0 Å². The van der Waals surface area contributed by atoms with Crippen LogP contribution in [0.3, 0.4) is 0 Å². The first kappa shape index (κ1) is 9.27. The van der Waals surface area contributed by atoms with Crippen LogP contribution in [-0.4, -0.2) is 25.4 Å². The van der Waals surface area contributed by atoms with Gasteiger partial charge in [0.05, 0.1) is 0 Å². The van der Waals surface area contributed by atoms with Crippen molar-refractivity contribution < 1.29 is 0 Å². The maximum absolute atomic E-state index is 4.50. The van der Waals surface area contributed by atoms with Crippen molar-refractivity contribution in [3.63, 3.8) is 0 Å². The first-order chi connectivity index (χ1) is 4.39. The monoisotopic (exact) mass is 148 g/mol. The van der Waals surface area contributed by atoms with Gasteiger partial charge >= 0.3 is 0 Å². The van der Waals surface area contributed by atoms with Crippen LogP contribution in [0.5, 0.6) is 0 Å². The van der Waals surface area contributed by atoms with Crippen molar-refractivity contribution in [3.8, 4) is 0 Å². The Hall–Kier alpha value is 0.270. The summed E-state index contributed by atoms with van der Waals surface area (Å²) in [6.45, 7) is 2.29. The van der Waals surface area contributed by atoms with Gasteiger partial charge in [-0.25, -0.2) is 0 Å². The topological polar surface area (TPSA) is 38.0 Å². The molecule has 0 aromatic rings. The van der Waals surface area contributed by atoms with E-state index in [2.05, 4.69) is 23.7 Å². The summed E-state index contributed by atoms with van der Waals surface area (Å²) in [5.74, 6) is 0. The zero-order valence-corrected chi connectivity index (χ0v) is 6.82. The van der Waals surface area contributed by atoms with Crippen LogP contribution in [0.4, 0.5) is 0 Å². The molecule has 0 bridgehead atoms. The molecule has 2 nitrogen and oxygen atoms in total. The van der Waals surface area contributed by atoms with Gasteiger partial charge in [0.25, 0.3) is 0 Å². The van der Waals surface area contributed by atoms with Crippen molar-refractivity contribution >= 4 is 12.6 Å². The van der Waals surface area contributed by atoms with Crippen LogP contribution in [0.15, 0.2) is 0 Å². The summed E-state index contributed by atoms with van der Waals surface area (Å²) in [5, 5.41) is 3.88. The van der Waals surface area contributed by atoms with E-state index in [-0.39, 0.29) is 0 Å². The van der Waals surface area contributed by atoms with Gasteiger partial charge < -0.3 is 11.1 Å². The lowest BCUT2D eigenvalue weighted by atomic mass is 10.2. The fraction of sp³-hybridized carbons (Fsp3) is 1.00. The first-order valence-electron chi connectivity index (χ1n) is 3.36. The largest absolute Gasteiger partial charge is 0.333 e. The van der Waals surface area contributed by atoms with E-state index in [1.54, 1.807) is 0 Å². The van der Waals surface area contributed by atoms with Gasteiger partial charge in [0.1, 0.15) is 0 Å². The highest BCUT2D eigenvalue weighted by Gasteiger charge is 2.05. The van der Waals surface area contributed by atoms with Crippen LogP contribution in [0.2, 0.25) is 0 Å². The number of rotatable bonds is 0. The minimum absolute atomic E-state index is 0.619. The first-order valence-corrected chi connectivity index (χ1v) is 3.88. The smallest absolute Gasteiger partial charge is 0.0142 e. The molecular weight excluding hydrogens is 132 g/mol. The van der Waals surface area contributed by atoms with Gasteiger partial charge in [0.15, 0.2) is 0 Å². The Bertz CT molecular complexity index is 53.0. The summed E-state index contributed by atoms with van der Waals surface area (Å²) >= 11 is 4.30. The van der Waals surface area contributed by atoms with E-state index in [4.69, 9.17) is 0 Å². The Morgan fingerprint density at radius 3 is 2.44 bits per heavy atom. The fourth-order valence-corrected chi connectivity index (χ4v) is 1.15. The van der Waals surface area contributed by atoms with E-state index in [1.165, 1.54) is 26.4 Å². The summed E-state index contributed by atoms with van der Waals surface area (Å²) in [7, 11) is 1.50. The lowest BCUT2D eigenvalue weighted by Crippen LogP contribution is -2.29. The van der Waals surface area contributed by atoms with E-state index in [9.17, 15) is 0 Å². The molecule has 9 heavy (non-hydrogen) atoms. The van der Waals surface area contributed by atoms with Crippen molar-refractivity contribution in [3.05, 3.63) is 0 Å². The third-order valence-corrected chi connectivity index (χ3v) is 1.71. The van der Waals surface area contributed by atoms with Gasteiger partial charge in [0, 0.05) is 11.8 Å². The van der Waals surface area contributed by atoms with E-state index < -0.39 is 0 Å². The second-order valence-corrected chi connectivity index (χ2v) is 2.73. The molecule has 1 atom stereocenters. The number of piperidine rings is 1. The Labute approximate surface area is 62.6 Å². The molecule has 0 saturated carbocycles. The fourth-order valence-electron chi connectivity index (χ4n) is 0.833. The molecule has 0 radical (unpaired) electrons. The van der Waals surface area contributed by atoms with Crippen LogP contribution >= 0.6 is 12.6 Å². The van der Waals surface area contributed by atoms with Gasteiger partial charge in [-0.2, -0.15) is 12.6 Å². The molecule has 3 N–H and O–H groups in total. The van der Waals surface area contributed by atoms with Crippen LogP contribution < -0.4 is 11.1 Å². The molecule has 0 aromatic carbocycles. The van der Waals surface area contributed by atoms with Gasteiger partial charge in [-0.3, -0.25) is 0 Å². The number of hydrogen-bond donors (Lipinski definition) is 3. The van der Waals surface area contributed by atoms with E-state index >= 15 is 0 Å². The summed E-state index contributed by atoms with van der Waals surface area (Å²) in [4.78, 5) is 0. The van der Waals surface area contributed by atoms with Crippen molar-refractivity contribution in [2.45, 2.75) is 18.1 Å². The van der Waals surface area contributed by atoms with Crippen LogP contribution in [-0.2, 0) is 0 Å². The Morgan fingerprint density at radius 2 is 2.22 bits per heavy atom. The minimum atomic E-state index is 0.619. The predicted octanol–water partition coefficient (Wildman–Crippen LogP) is 0.243.